The maximum absolute atomic E-state index is 6.05. The summed E-state index contributed by atoms with van der Waals surface area (Å²) in [7, 11) is 0. The Kier molecular flexibility index (Phi) is 2.89. The lowest BCUT2D eigenvalue weighted by atomic mass is 10.2. The van der Waals surface area contributed by atoms with Crippen molar-refractivity contribution in [3.63, 3.8) is 0 Å². The van der Waals surface area contributed by atoms with Crippen molar-refractivity contribution in [3.05, 3.63) is 23.9 Å². The molecule has 76 valence electrons. The third kappa shape index (κ3) is 2.16. The molecule has 1 fully saturated rings. The number of anilines is 1. The molecule has 3 nitrogen and oxygen atoms in total. The van der Waals surface area contributed by atoms with Gasteiger partial charge in [0.25, 0.3) is 0 Å². The van der Waals surface area contributed by atoms with Gasteiger partial charge in [0.15, 0.2) is 0 Å². The first-order valence-electron chi connectivity index (χ1n) is 4.67. The van der Waals surface area contributed by atoms with Crippen LogP contribution < -0.4 is 5.32 Å². The van der Waals surface area contributed by atoms with E-state index in [1.54, 1.807) is 6.20 Å². The van der Waals surface area contributed by atoms with Crippen LogP contribution >= 0.6 is 11.6 Å². The highest BCUT2D eigenvalue weighted by Gasteiger charge is 2.26. The average molecular weight is 213 g/mol. The molecule has 1 saturated heterocycles. The topological polar surface area (TPSA) is 34.2 Å². The summed E-state index contributed by atoms with van der Waals surface area (Å²) in [6.45, 7) is 3.31. The monoisotopic (exact) mass is 212 g/mol. The van der Waals surface area contributed by atoms with Crippen LogP contribution in [0.25, 0.3) is 0 Å². The highest BCUT2D eigenvalue weighted by Crippen LogP contribution is 2.17. The molecule has 0 saturated carbocycles. The Morgan fingerprint density at radius 3 is 3.07 bits per heavy atom. The zero-order valence-electron chi connectivity index (χ0n) is 8.03. The third-order valence-corrected chi connectivity index (χ3v) is 2.69. The van der Waals surface area contributed by atoms with Crippen molar-refractivity contribution >= 4 is 17.4 Å². The van der Waals surface area contributed by atoms with Crippen molar-refractivity contribution in [3.8, 4) is 0 Å². The van der Waals surface area contributed by atoms with Gasteiger partial charge in [-0.1, -0.05) is 0 Å². The number of alkyl halides is 1. The summed E-state index contributed by atoms with van der Waals surface area (Å²) in [5, 5.41) is 3.30. The van der Waals surface area contributed by atoms with E-state index in [9.17, 15) is 0 Å². The normalized spacial score (nSPS) is 26.4. The van der Waals surface area contributed by atoms with E-state index in [0.29, 0.717) is 13.2 Å². The number of rotatable bonds is 2. The number of hydrogen-bond acceptors (Lipinski definition) is 3. The van der Waals surface area contributed by atoms with E-state index in [2.05, 4.69) is 10.3 Å². The van der Waals surface area contributed by atoms with Crippen molar-refractivity contribution in [1.82, 2.24) is 4.98 Å². The fraction of sp³-hybridized carbons (Fsp3) is 0.500. The van der Waals surface area contributed by atoms with Crippen molar-refractivity contribution in [1.29, 1.82) is 0 Å². The number of halogens is 1. The fourth-order valence-electron chi connectivity index (χ4n) is 1.47. The van der Waals surface area contributed by atoms with E-state index in [-0.39, 0.29) is 11.4 Å². The van der Waals surface area contributed by atoms with Crippen LogP contribution in [-0.4, -0.2) is 29.6 Å². The standard InChI is InChI=1S/C10H13ClN2O/c1-7-2-3-12-10(4-7)13-9-6-14-5-8(9)11/h2-4,8-9H,5-6H2,1H3,(H,12,13). The second-order valence-corrected chi connectivity index (χ2v) is 4.08. The van der Waals surface area contributed by atoms with Gasteiger partial charge in [-0.25, -0.2) is 4.98 Å². The van der Waals surface area contributed by atoms with Crippen LogP contribution in [0.5, 0.6) is 0 Å². The minimum absolute atomic E-state index is 0.0392. The van der Waals surface area contributed by atoms with Gasteiger partial charge in [0, 0.05) is 6.20 Å². The molecule has 0 spiro atoms. The highest BCUT2D eigenvalue weighted by atomic mass is 35.5. The summed E-state index contributed by atoms with van der Waals surface area (Å²) in [4.78, 5) is 4.21. The first-order chi connectivity index (χ1) is 6.75. The highest BCUT2D eigenvalue weighted by molar-refractivity contribution is 6.21. The lowest BCUT2D eigenvalue weighted by molar-refractivity contribution is 0.196. The molecule has 1 N–H and O–H groups in total. The van der Waals surface area contributed by atoms with E-state index in [4.69, 9.17) is 16.3 Å². The van der Waals surface area contributed by atoms with Crippen molar-refractivity contribution in [2.24, 2.45) is 0 Å². The molecule has 0 aliphatic carbocycles. The van der Waals surface area contributed by atoms with Gasteiger partial charge < -0.3 is 10.1 Å². The number of hydrogen-bond donors (Lipinski definition) is 1. The predicted octanol–water partition coefficient (Wildman–Crippen LogP) is 1.81. The quantitative estimate of drug-likeness (QED) is 0.760. The van der Waals surface area contributed by atoms with Gasteiger partial charge in [-0.2, -0.15) is 0 Å². The predicted molar refractivity (Wildman–Crippen MR) is 56.8 cm³/mol. The van der Waals surface area contributed by atoms with E-state index in [0.717, 1.165) is 5.82 Å². The van der Waals surface area contributed by atoms with Crippen LogP contribution in [0.2, 0.25) is 0 Å². The molecule has 2 heterocycles. The first kappa shape index (κ1) is 9.74. The molecule has 2 atom stereocenters. The summed E-state index contributed by atoms with van der Waals surface area (Å²) >= 11 is 6.05. The molecule has 1 aliphatic rings. The van der Waals surface area contributed by atoms with Crippen LogP contribution in [0.4, 0.5) is 5.82 Å². The summed E-state index contributed by atoms with van der Waals surface area (Å²) < 4.78 is 5.25. The van der Waals surface area contributed by atoms with Crippen molar-refractivity contribution in [2.45, 2.75) is 18.3 Å². The summed E-state index contributed by atoms with van der Waals surface area (Å²) in [5.74, 6) is 0.867. The minimum atomic E-state index is 0.0392. The number of pyridine rings is 1. The summed E-state index contributed by atoms with van der Waals surface area (Å²) in [6.07, 6.45) is 1.79. The molecule has 0 amide bonds. The number of aromatic nitrogens is 1. The molecular formula is C10H13ClN2O. The van der Waals surface area contributed by atoms with E-state index >= 15 is 0 Å². The van der Waals surface area contributed by atoms with E-state index in [1.807, 2.05) is 19.1 Å². The second-order valence-electron chi connectivity index (χ2n) is 3.52. The molecule has 0 aromatic carbocycles. The number of aryl methyl sites for hydroxylation is 1. The van der Waals surface area contributed by atoms with Gasteiger partial charge in [-0.3, -0.25) is 0 Å². The first-order valence-corrected chi connectivity index (χ1v) is 5.10. The summed E-state index contributed by atoms with van der Waals surface area (Å²) in [6, 6.07) is 4.14. The van der Waals surface area contributed by atoms with Gasteiger partial charge in [0.05, 0.1) is 24.6 Å². The molecule has 14 heavy (non-hydrogen) atoms. The molecule has 1 aliphatic heterocycles. The van der Waals surface area contributed by atoms with E-state index in [1.165, 1.54) is 5.56 Å². The zero-order valence-corrected chi connectivity index (χ0v) is 8.79. The maximum atomic E-state index is 6.05. The third-order valence-electron chi connectivity index (χ3n) is 2.26. The molecular weight excluding hydrogens is 200 g/mol. The van der Waals surface area contributed by atoms with Gasteiger partial charge in [-0.15, -0.1) is 11.6 Å². The number of nitrogens with zero attached hydrogens (tertiary/aromatic N) is 1. The molecule has 1 aromatic rings. The number of nitrogens with one attached hydrogen (secondary N) is 1. The van der Waals surface area contributed by atoms with Gasteiger partial charge in [-0.05, 0) is 24.6 Å². The number of ether oxygens (including phenoxy) is 1. The lowest BCUT2D eigenvalue weighted by Crippen LogP contribution is -2.28. The Morgan fingerprint density at radius 1 is 1.57 bits per heavy atom. The molecule has 4 heteroatoms. The molecule has 0 bridgehead atoms. The molecule has 1 aromatic heterocycles. The Balaban J connectivity index is 2.03. The van der Waals surface area contributed by atoms with Gasteiger partial charge in [0.1, 0.15) is 5.82 Å². The Bertz CT molecular complexity index is 319. The van der Waals surface area contributed by atoms with Crippen LogP contribution in [0.3, 0.4) is 0 Å². The molecule has 0 radical (unpaired) electrons. The zero-order chi connectivity index (χ0) is 9.97. The maximum Gasteiger partial charge on any atom is 0.126 e. The minimum Gasteiger partial charge on any atom is -0.378 e. The van der Waals surface area contributed by atoms with Crippen LogP contribution in [0.1, 0.15) is 5.56 Å². The second kappa shape index (κ2) is 4.15. The SMILES string of the molecule is Cc1ccnc(NC2COCC2Cl)c1. The Hall–Kier alpha value is -0.800. The smallest absolute Gasteiger partial charge is 0.126 e. The van der Waals surface area contributed by atoms with Crippen LogP contribution in [-0.2, 0) is 4.74 Å². The molecule has 2 unspecified atom stereocenters. The average Bonchev–Trinajstić information content (AvgIpc) is 2.52. The molecule has 2 rings (SSSR count). The van der Waals surface area contributed by atoms with Crippen LogP contribution in [0.15, 0.2) is 18.3 Å². The largest absolute Gasteiger partial charge is 0.378 e. The van der Waals surface area contributed by atoms with Crippen LogP contribution in [0, 0.1) is 6.92 Å². The van der Waals surface area contributed by atoms with Gasteiger partial charge in [0.2, 0.25) is 0 Å². The van der Waals surface area contributed by atoms with Gasteiger partial charge >= 0.3 is 0 Å². The Morgan fingerprint density at radius 2 is 2.43 bits per heavy atom. The van der Waals surface area contributed by atoms with Crippen molar-refractivity contribution < 1.29 is 4.74 Å². The van der Waals surface area contributed by atoms with Crippen molar-refractivity contribution in [2.75, 3.05) is 18.5 Å². The lowest BCUT2D eigenvalue weighted by Gasteiger charge is -2.14. The Labute approximate surface area is 88.4 Å². The summed E-state index contributed by atoms with van der Waals surface area (Å²) in [5.41, 5.74) is 1.19. The van der Waals surface area contributed by atoms with E-state index < -0.39 is 0 Å². The fourth-order valence-corrected chi connectivity index (χ4v) is 1.69.